The molecule has 0 saturated carbocycles. The largest absolute Gasteiger partial charge is 0.458 e. The number of hydrogen-bond acceptors (Lipinski definition) is 4. The Hall–Kier alpha value is -5.30. The molecule has 0 unspecified atom stereocenters. The lowest BCUT2D eigenvalue weighted by Crippen LogP contribution is -2.50. The summed E-state index contributed by atoms with van der Waals surface area (Å²) in [7, 11) is 0. The Morgan fingerprint density at radius 3 is 1.77 bits per heavy atom. The maximum Gasteiger partial charge on any atom is 0.417 e. The van der Waals surface area contributed by atoms with Gasteiger partial charge in [0.25, 0.3) is 11.8 Å². The number of hydrogen-bond donors (Lipinski definition) is 2. The minimum Gasteiger partial charge on any atom is -0.458 e. The van der Waals surface area contributed by atoms with Gasteiger partial charge < -0.3 is 15.4 Å². The van der Waals surface area contributed by atoms with Gasteiger partial charge in [0.05, 0.1) is 23.3 Å². The molecule has 0 aliphatic carbocycles. The SMILES string of the molecule is CCCCC=C=C=C=C=C=CC(=O)NC(COC(=O)c1ccccc1C(F)(F)F)NC(=O)C=C=C=C=C=C=CCCCC. The molecular weight excluding hydrogens is 557 g/mol. The van der Waals surface area contributed by atoms with E-state index in [1.54, 1.807) is 12.2 Å². The molecule has 0 radical (unpaired) electrons. The number of benzene rings is 1. The van der Waals surface area contributed by atoms with Crippen LogP contribution in [0.4, 0.5) is 13.2 Å². The van der Waals surface area contributed by atoms with Crippen LogP contribution in [-0.2, 0) is 20.5 Å². The Morgan fingerprint density at radius 2 is 1.28 bits per heavy atom. The number of allylic oxidation sites excluding steroid dienone is 2. The Balaban J connectivity index is 3.12. The van der Waals surface area contributed by atoms with Crippen molar-refractivity contribution in [2.24, 2.45) is 0 Å². The van der Waals surface area contributed by atoms with Gasteiger partial charge in [-0.05, 0) is 84.4 Å². The summed E-state index contributed by atoms with van der Waals surface area (Å²) < 4.78 is 44.9. The van der Waals surface area contributed by atoms with Crippen LogP contribution in [0.2, 0.25) is 0 Å². The van der Waals surface area contributed by atoms with Crippen LogP contribution in [0.3, 0.4) is 0 Å². The van der Waals surface area contributed by atoms with E-state index >= 15 is 0 Å². The number of ether oxygens (including phenoxy) is 1. The third-order valence-corrected chi connectivity index (χ3v) is 5.02. The number of halogens is 3. The molecule has 1 aromatic carbocycles. The summed E-state index contributed by atoms with van der Waals surface area (Å²) in [6, 6.07) is 4.07. The second-order valence-electron chi connectivity index (χ2n) is 8.52. The van der Waals surface area contributed by atoms with E-state index in [4.69, 9.17) is 4.74 Å². The summed E-state index contributed by atoms with van der Waals surface area (Å²) in [4.78, 5) is 37.1. The van der Waals surface area contributed by atoms with Crippen LogP contribution in [0, 0.1) is 0 Å². The first-order valence-electron chi connectivity index (χ1n) is 13.4. The number of amides is 2. The number of unbranched alkanes of at least 4 members (excludes halogenated alkanes) is 4. The fourth-order valence-electron chi connectivity index (χ4n) is 2.96. The van der Waals surface area contributed by atoms with Gasteiger partial charge in [-0.2, -0.15) is 13.2 Å². The predicted octanol–water partition coefficient (Wildman–Crippen LogP) is 6.46. The third-order valence-electron chi connectivity index (χ3n) is 5.02. The number of esters is 1. The van der Waals surface area contributed by atoms with Crippen LogP contribution in [0.25, 0.3) is 0 Å². The minimum absolute atomic E-state index is 0.695. The summed E-state index contributed by atoms with van der Waals surface area (Å²) in [5.74, 6) is -2.86. The van der Waals surface area contributed by atoms with Crippen molar-refractivity contribution in [2.45, 2.75) is 64.7 Å². The van der Waals surface area contributed by atoms with Crippen molar-refractivity contribution in [1.29, 1.82) is 0 Å². The zero-order valence-electron chi connectivity index (χ0n) is 23.9. The van der Waals surface area contributed by atoms with Crippen molar-refractivity contribution >= 4 is 17.8 Å². The summed E-state index contributed by atoms with van der Waals surface area (Å²) in [5.41, 5.74) is 23.5. The molecule has 0 aliphatic rings. The number of alkyl halides is 3. The highest BCUT2D eigenvalue weighted by atomic mass is 19.4. The van der Waals surface area contributed by atoms with Gasteiger partial charge in [0, 0.05) is 0 Å². The first kappa shape index (κ1) is 35.7. The molecule has 43 heavy (non-hydrogen) atoms. The van der Waals surface area contributed by atoms with Gasteiger partial charge in [0.15, 0.2) is 0 Å². The maximum absolute atomic E-state index is 13.3. The molecule has 6 nitrogen and oxygen atoms in total. The zero-order chi connectivity index (χ0) is 31.8. The van der Waals surface area contributed by atoms with Crippen molar-refractivity contribution in [3.8, 4) is 0 Å². The van der Waals surface area contributed by atoms with E-state index < -0.39 is 47.9 Å². The van der Waals surface area contributed by atoms with Crippen LogP contribution in [0.15, 0.2) is 106 Å². The van der Waals surface area contributed by atoms with E-state index in [2.05, 4.69) is 81.8 Å². The Labute approximate surface area is 249 Å². The van der Waals surface area contributed by atoms with E-state index in [0.717, 1.165) is 68.9 Å². The topological polar surface area (TPSA) is 84.5 Å². The van der Waals surface area contributed by atoms with Crippen LogP contribution < -0.4 is 10.6 Å². The highest BCUT2D eigenvalue weighted by Gasteiger charge is 2.35. The molecule has 0 bridgehead atoms. The molecule has 2 N–H and O–H groups in total. The lowest BCUT2D eigenvalue weighted by molar-refractivity contribution is -0.138. The minimum atomic E-state index is -4.80. The fraction of sp³-hybridized carbons (Fsp3) is 0.324. The van der Waals surface area contributed by atoms with Crippen LogP contribution in [-0.4, -0.2) is 30.6 Å². The van der Waals surface area contributed by atoms with Crippen LogP contribution >= 0.6 is 0 Å². The average Bonchev–Trinajstić information content (AvgIpc) is 2.97. The van der Waals surface area contributed by atoms with E-state index in [1.807, 2.05) is 0 Å². The van der Waals surface area contributed by atoms with E-state index in [9.17, 15) is 27.6 Å². The second-order valence-corrected chi connectivity index (χ2v) is 8.52. The molecule has 9 heteroatoms. The monoisotopic (exact) mass is 588 g/mol. The molecule has 1 rings (SSSR count). The molecule has 0 heterocycles. The number of rotatable bonds is 13. The lowest BCUT2D eigenvalue weighted by Gasteiger charge is -2.19. The molecule has 0 saturated heterocycles. The zero-order valence-corrected chi connectivity index (χ0v) is 23.9. The summed E-state index contributed by atoms with van der Waals surface area (Å²) in [5, 5.41) is 4.70. The smallest absolute Gasteiger partial charge is 0.417 e. The molecule has 222 valence electrons. The lowest BCUT2D eigenvalue weighted by atomic mass is 10.1. The van der Waals surface area contributed by atoms with Gasteiger partial charge in [0.2, 0.25) is 0 Å². The van der Waals surface area contributed by atoms with Gasteiger partial charge in [-0.15, -0.1) is 0 Å². The van der Waals surface area contributed by atoms with E-state index in [0.29, 0.717) is 0 Å². The first-order valence-corrected chi connectivity index (χ1v) is 13.4. The van der Waals surface area contributed by atoms with Gasteiger partial charge in [0.1, 0.15) is 12.8 Å². The first-order chi connectivity index (χ1) is 20.7. The molecule has 1 aromatic rings. The van der Waals surface area contributed by atoms with Crippen molar-refractivity contribution in [3.05, 3.63) is 117 Å². The third kappa shape index (κ3) is 17.2. The molecule has 0 aromatic heterocycles. The predicted molar refractivity (Wildman–Crippen MR) is 154 cm³/mol. The highest BCUT2D eigenvalue weighted by molar-refractivity contribution is 5.92. The van der Waals surface area contributed by atoms with Gasteiger partial charge in [-0.1, -0.05) is 61.7 Å². The average molecular weight is 589 g/mol. The quantitative estimate of drug-likeness (QED) is 0.0911. The second kappa shape index (κ2) is 21.4. The molecule has 0 atom stereocenters. The standard InChI is InChI=1S/C34H31F3N2O4/c1-3-5-7-9-11-13-15-17-19-25-31(40)38-30(39-32(41)26-20-18-16-14-12-10-8-6-4-2)27-43-33(42)28-23-21-22-24-29(28)34(35,36)37/h9-10,21-26,30H,3-8,27H2,1-2H3,(H,38,40)(H,39,41). The van der Waals surface area contributed by atoms with Crippen LogP contribution in [0.1, 0.15) is 68.3 Å². The molecular formula is C34H31F3N2O4. The number of carbonyl (C=O) groups excluding carboxylic acids is 3. The van der Waals surface area contributed by atoms with Crippen molar-refractivity contribution in [3.63, 3.8) is 0 Å². The van der Waals surface area contributed by atoms with E-state index in [1.165, 1.54) is 6.07 Å². The maximum atomic E-state index is 13.3. The number of nitrogens with one attached hydrogen (secondary N) is 2. The van der Waals surface area contributed by atoms with Crippen molar-refractivity contribution in [1.82, 2.24) is 10.6 Å². The fourth-order valence-corrected chi connectivity index (χ4v) is 2.96. The van der Waals surface area contributed by atoms with E-state index in [-0.39, 0.29) is 0 Å². The van der Waals surface area contributed by atoms with Crippen molar-refractivity contribution < 1.29 is 32.3 Å². The summed E-state index contributed by atoms with van der Waals surface area (Å²) >= 11 is 0. The molecule has 0 spiro atoms. The molecule has 2 amide bonds. The van der Waals surface area contributed by atoms with Gasteiger partial charge in [-0.25, -0.2) is 4.79 Å². The molecule has 0 fully saturated rings. The summed E-state index contributed by atoms with van der Waals surface area (Å²) in [6.07, 6.45) is 5.13. The normalized spacial score (nSPS) is 9.88. The number of carbonyl (C=O) groups is 3. The Bertz CT molecular complexity index is 1470. The Morgan fingerprint density at radius 1 is 0.791 bits per heavy atom. The van der Waals surface area contributed by atoms with Gasteiger partial charge in [-0.3, -0.25) is 9.59 Å². The Kier molecular flexibility index (Phi) is 17.8. The van der Waals surface area contributed by atoms with Crippen LogP contribution in [0.5, 0.6) is 0 Å². The summed E-state index contributed by atoms with van der Waals surface area (Å²) in [6.45, 7) is 3.43. The van der Waals surface area contributed by atoms with Crippen molar-refractivity contribution in [2.75, 3.05) is 6.61 Å². The highest BCUT2D eigenvalue weighted by Crippen LogP contribution is 2.32. The molecule has 0 aliphatic heterocycles. The van der Waals surface area contributed by atoms with Gasteiger partial charge >= 0.3 is 12.1 Å².